The summed E-state index contributed by atoms with van der Waals surface area (Å²) in [5.41, 5.74) is 1.76. The van der Waals surface area contributed by atoms with Crippen LogP contribution in [-0.2, 0) is 11.3 Å². The largest absolute Gasteiger partial charge is 0.373 e. The van der Waals surface area contributed by atoms with Crippen molar-refractivity contribution in [3.05, 3.63) is 35.4 Å². The van der Waals surface area contributed by atoms with Gasteiger partial charge >= 0.3 is 0 Å². The lowest BCUT2D eigenvalue weighted by molar-refractivity contribution is -0.0453. The van der Waals surface area contributed by atoms with Crippen molar-refractivity contribution in [2.75, 3.05) is 46.9 Å². The van der Waals surface area contributed by atoms with Gasteiger partial charge in [0.25, 0.3) is 5.91 Å². The number of nitrogens with one attached hydrogen (secondary N) is 2. The van der Waals surface area contributed by atoms with Crippen LogP contribution >= 0.6 is 0 Å². The van der Waals surface area contributed by atoms with Crippen molar-refractivity contribution in [1.82, 2.24) is 20.4 Å². The summed E-state index contributed by atoms with van der Waals surface area (Å²) < 4.78 is 6.02. The second-order valence-electron chi connectivity index (χ2n) is 7.72. The van der Waals surface area contributed by atoms with Crippen molar-refractivity contribution in [2.24, 2.45) is 4.99 Å². The molecule has 28 heavy (non-hydrogen) atoms. The molecule has 0 aromatic heterocycles. The van der Waals surface area contributed by atoms with E-state index in [-0.39, 0.29) is 12.0 Å². The van der Waals surface area contributed by atoms with Gasteiger partial charge in [-0.15, -0.1) is 0 Å². The first-order valence-corrected chi connectivity index (χ1v) is 10.2. The average molecular weight is 388 g/mol. The summed E-state index contributed by atoms with van der Waals surface area (Å²) in [6, 6.07) is 8.26. The van der Waals surface area contributed by atoms with Gasteiger partial charge in [-0.25, -0.2) is 4.99 Å². The third-order valence-corrected chi connectivity index (χ3v) is 5.33. The minimum absolute atomic E-state index is 0.0118. The molecular weight excluding hydrogens is 354 g/mol. The first kappa shape index (κ1) is 20.6. The summed E-state index contributed by atoms with van der Waals surface area (Å²) in [5, 5.41) is 6.70. The molecule has 154 valence electrons. The number of nitrogens with zero attached hydrogens (tertiary/aromatic N) is 3. The zero-order chi connectivity index (χ0) is 19.9. The number of ether oxygens (including phenoxy) is 1. The molecule has 7 nitrogen and oxygen atoms in total. The molecular formula is C21H33N5O2. The van der Waals surface area contributed by atoms with Crippen molar-refractivity contribution < 1.29 is 9.53 Å². The molecule has 0 aliphatic carbocycles. The topological polar surface area (TPSA) is 69.2 Å². The third kappa shape index (κ3) is 5.45. The van der Waals surface area contributed by atoms with E-state index in [0.29, 0.717) is 18.2 Å². The number of rotatable bonds is 6. The molecule has 2 aliphatic rings. The van der Waals surface area contributed by atoms with E-state index in [1.54, 1.807) is 19.0 Å². The lowest BCUT2D eigenvalue weighted by Crippen LogP contribution is -2.51. The minimum atomic E-state index is 0.0118. The number of guanidine groups is 1. The summed E-state index contributed by atoms with van der Waals surface area (Å²) >= 11 is 0. The van der Waals surface area contributed by atoms with Crippen LogP contribution in [0.5, 0.6) is 0 Å². The molecule has 0 spiro atoms. The molecule has 0 saturated carbocycles. The quantitative estimate of drug-likeness (QED) is 0.569. The number of hydrogen-bond acceptors (Lipinski definition) is 4. The number of aliphatic imine (C=N–C) groups is 1. The van der Waals surface area contributed by atoms with E-state index in [0.717, 1.165) is 37.8 Å². The highest BCUT2D eigenvalue weighted by molar-refractivity contribution is 5.93. The third-order valence-electron chi connectivity index (χ3n) is 5.33. The highest BCUT2D eigenvalue weighted by atomic mass is 16.5. The Balaban J connectivity index is 1.51. The van der Waals surface area contributed by atoms with E-state index in [1.807, 2.05) is 24.3 Å². The second-order valence-corrected chi connectivity index (χ2v) is 7.72. The van der Waals surface area contributed by atoms with E-state index in [2.05, 4.69) is 27.4 Å². The number of carbonyl (C=O) groups excluding carboxylic acids is 1. The SMILES string of the molecule is CCNC(=NCc1ccc(C(=O)N(C)C)cc1)NCC1CN2CCCC2CO1. The van der Waals surface area contributed by atoms with Crippen LogP contribution < -0.4 is 10.6 Å². The summed E-state index contributed by atoms with van der Waals surface area (Å²) in [6.07, 6.45) is 2.76. The molecule has 2 saturated heterocycles. The van der Waals surface area contributed by atoms with Gasteiger partial charge in [0.2, 0.25) is 0 Å². The molecule has 1 aromatic rings. The van der Waals surface area contributed by atoms with Gasteiger partial charge < -0.3 is 20.3 Å². The van der Waals surface area contributed by atoms with Crippen LogP contribution in [0.2, 0.25) is 0 Å². The minimum Gasteiger partial charge on any atom is -0.373 e. The van der Waals surface area contributed by atoms with Gasteiger partial charge in [0.05, 0.1) is 19.3 Å². The Kier molecular flexibility index (Phi) is 7.28. The highest BCUT2D eigenvalue weighted by Crippen LogP contribution is 2.22. The number of hydrogen-bond donors (Lipinski definition) is 2. The number of morpholine rings is 1. The molecule has 2 heterocycles. The summed E-state index contributed by atoms with van der Waals surface area (Å²) in [4.78, 5) is 20.8. The van der Waals surface area contributed by atoms with Gasteiger partial charge in [-0.3, -0.25) is 9.69 Å². The van der Waals surface area contributed by atoms with E-state index in [9.17, 15) is 4.79 Å². The standard InChI is InChI=1S/C21H33N5O2/c1-4-22-21(24-13-19-14-26-11-5-6-18(26)15-28-19)23-12-16-7-9-17(10-8-16)20(27)25(2)3/h7-10,18-19H,4-6,11-15H2,1-3H3,(H2,22,23,24). The van der Waals surface area contributed by atoms with Crippen molar-refractivity contribution in [3.63, 3.8) is 0 Å². The Morgan fingerprint density at radius 3 is 2.79 bits per heavy atom. The number of benzene rings is 1. The Morgan fingerprint density at radius 1 is 1.29 bits per heavy atom. The van der Waals surface area contributed by atoms with Crippen molar-refractivity contribution in [2.45, 2.75) is 38.5 Å². The van der Waals surface area contributed by atoms with E-state index < -0.39 is 0 Å². The van der Waals surface area contributed by atoms with Crippen LogP contribution in [0.4, 0.5) is 0 Å². The lowest BCUT2D eigenvalue weighted by atomic mass is 10.1. The predicted octanol–water partition coefficient (Wildman–Crippen LogP) is 1.31. The zero-order valence-corrected chi connectivity index (χ0v) is 17.3. The molecule has 3 rings (SSSR count). The Labute approximate surface area is 168 Å². The van der Waals surface area contributed by atoms with Crippen molar-refractivity contribution in [3.8, 4) is 0 Å². The average Bonchev–Trinajstić information content (AvgIpc) is 3.17. The number of fused-ring (bicyclic) bond motifs is 1. The molecule has 2 N–H and O–H groups in total. The van der Waals surface area contributed by atoms with Crippen LogP contribution in [0.3, 0.4) is 0 Å². The van der Waals surface area contributed by atoms with Crippen molar-refractivity contribution in [1.29, 1.82) is 0 Å². The highest BCUT2D eigenvalue weighted by Gasteiger charge is 2.32. The summed E-state index contributed by atoms with van der Waals surface area (Å²) in [7, 11) is 3.52. The van der Waals surface area contributed by atoms with Gasteiger partial charge in [0.1, 0.15) is 0 Å². The maximum Gasteiger partial charge on any atom is 0.253 e. The Morgan fingerprint density at radius 2 is 2.07 bits per heavy atom. The molecule has 2 unspecified atom stereocenters. The fourth-order valence-electron chi connectivity index (χ4n) is 3.74. The maximum absolute atomic E-state index is 12.0. The predicted molar refractivity (Wildman–Crippen MR) is 112 cm³/mol. The van der Waals surface area contributed by atoms with E-state index in [4.69, 9.17) is 4.74 Å². The van der Waals surface area contributed by atoms with Crippen molar-refractivity contribution >= 4 is 11.9 Å². The molecule has 7 heteroatoms. The maximum atomic E-state index is 12.0. The molecule has 2 fully saturated rings. The Bertz CT molecular complexity index is 674. The Hall–Kier alpha value is -2.12. The number of carbonyl (C=O) groups is 1. The molecule has 2 aliphatic heterocycles. The molecule has 0 bridgehead atoms. The summed E-state index contributed by atoms with van der Waals surface area (Å²) in [6.45, 7) is 7.23. The normalized spacial score (nSPS) is 22.6. The first-order valence-electron chi connectivity index (χ1n) is 10.2. The van der Waals surface area contributed by atoms with Gasteiger partial charge in [-0.05, 0) is 44.0 Å². The fraction of sp³-hybridized carbons (Fsp3) is 0.619. The van der Waals surface area contributed by atoms with Crippen LogP contribution in [0.25, 0.3) is 0 Å². The van der Waals surface area contributed by atoms with Gasteiger partial charge in [-0.2, -0.15) is 0 Å². The fourth-order valence-corrected chi connectivity index (χ4v) is 3.74. The van der Waals surface area contributed by atoms with Crippen LogP contribution in [-0.4, -0.2) is 80.7 Å². The van der Waals surface area contributed by atoms with E-state index >= 15 is 0 Å². The van der Waals surface area contributed by atoms with E-state index in [1.165, 1.54) is 19.4 Å². The van der Waals surface area contributed by atoms with Gasteiger partial charge in [0, 0.05) is 45.3 Å². The molecule has 0 radical (unpaired) electrons. The lowest BCUT2D eigenvalue weighted by Gasteiger charge is -2.35. The monoisotopic (exact) mass is 387 g/mol. The molecule has 1 amide bonds. The second kappa shape index (κ2) is 9.89. The van der Waals surface area contributed by atoms with Gasteiger partial charge in [0.15, 0.2) is 5.96 Å². The van der Waals surface area contributed by atoms with Gasteiger partial charge in [-0.1, -0.05) is 12.1 Å². The smallest absolute Gasteiger partial charge is 0.253 e. The molecule has 2 atom stereocenters. The number of amides is 1. The van der Waals surface area contributed by atoms with Crippen LogP contribution in [0.15, 0.2) is 29.3 Å². The first-order chi connectivity index (χ1) is 13.6. The van der Waals surface area contributed by atoms with Crippen LogP contribution in [0.1, 0.15) is 35.7 Å². The molecule has 1 aromatic carbocycles. The summed E-state index contributed by atoms with van der Waals surface area (Å²) in [5.74, 6) is 0.806. The van der Waals surface area contributed by atoms with Crippen LogP contribution in [0, 0.1) is 0 Å². The zero-order valence-electron chi connectivity index (χ0n) is 17.3.